The van der Waals surface area contributed by atoms with Crippen LogP contribution in [0, 0.1) is 11.2 Å². The average molecular weight is 498 g/mol. The highest BCUT2D eigenvalue weighted by molar-refractivity contribution is 7.93. The van der Waals surface area contributed by atoms with Gasteiger partial charge in [0.1, 0.15) is 21.7 Å². The van der Waals surface area contributed by atoms with Crippen LogP contribution in [0.5, 0.6) is 0 Å². The standard InChI is InChI=1S/C21H21ClFN3O4S2/c1-21(2,3)17(30-20(27)24-4)18-26-16(13-7-5-6-8-14(13)23)19(31-18)32(28,29)12-9-10-15(22)25-11-12/h5-11,17H,1-4H3,(H,24,27). The van der Waals surface area contributed by atoms with E-state index in [1.807, 2.05) is 20.8 Å². The maximum absolute atomic E-state index is 14.7. The van der Waals surface area contributed by atoms with Crippen molar-refractivity contribution >= 4 is 38.9 Å². The number of halogens is 2. The molecule has 170 valence electrons. The molecule has 3 rings (SSSR count). The summed E-state index contributed by atoms with van der Waals surface area (Å²) >= 11 is 6.62. The molecule has 0 saturated carbocycles. The molecule has 7 nitrogen and oxygen atoms in total. The Bertz CT molecular complexity index is 1240. The van der Waals surface area contributed by atoms with Crippen molar-refractivity contribution in [2.75, 3.05) is 7.05 Å². The molecule has 0 radical (unpaired) electrons. The van der Waals surface area contributed by atoms with Crippen LogP contribution in [0.2, 0.25) is 5.15 Å². The Morgan fingerprint density at radius 1 is 1.22 bits per heavy atom. The summed E-state index contributed by atoms with van der Waals surface area (Å²) in [5.74, 6) is -0.630. The maximum atomic E-state index is 14.7. The molecule has 1 N–H and O–H groups in total. The molecule has 1 amide bonds. The summed E-state index contributed by atoms with van der Waals surface area (Å²) in [4.78, 5) is 20.1. The van der Waals surface area contributed by atoms with Gasteiger partial charge in [0.25, 0.3) is 0 Å². The Labute approximate surface area is 194 Å². The fourth-order valence-electron chi connectivity index (χ4n) is 2.83. The zero-order chi connectivity index (χ0) is 23.7. The minimum atomic E-state index is -4.13. The summed E-state index contributed by atoms with van der Waals surface area (Å²) < 4.78 is 46.9. The molecule has 11 heteroatoms. The number of carbonyl (C=O) groups is 1. The van der Waals surface area contributed by atoms with E-state index < -0.39 is 33.3 Å². The minimum absolute atomic E-state index is 0.0168. The van der Waals surface area contributed by atoms with Crippen LogP contribution in [0.25, 0.3) is 11.3 Å². The molecule has 2 aromatic heterocycles. The van der Waals surface area contributed by atoms with Crippen LogP contribution in [0.3, 0.4) is 0 Å². The quantitative estimate of drug-likeness (QED) is 0.482. The second-order valence-corrected chi connectivity index (χ2v) is 11.5. The Kier molecular flexibility index (Phi) is 6.87. The fourth-order valence-corrected chi connectivity index (χ4v) is 6.08. The predicted molar refractivity (Wildman–Crippen MR) is 120 cm³/mol. The third-order valence-electron chi connectivity index (χ3n) is 4.44. The topological polar surface area (TPSA) is 98.2 Å². The van der Waals surface area contributed by atoms with Crippen molar-refractivity contribution in [3.05, 3.63) is 58.6 Å². The lowest BCUT2D eigenvalue weighted by molar-refractivity contribution is 0.0313. The number of nitrogens with one attached hydrogen (secondary N) is 1. The molecule has 0 saturated heterocycles. The van der Waals surface area contributed by atoms with Crippen molar-refractivity contribution < 1.29 is 22.3 Å². The van der Waals surface area contributed by atoms with E-state index in [4.69, 9.17) is 16.3 Å². The molecule has 32 heavy (non-hydrogen) atoms. The Hall–Kier alpha value is -2.56. The molecule has 0 bridgehead atoms. The SMILES string of the molecule is CNC(=O)OC(c1nc(-c2ccccc2F)c(S(=O)(=O)c2ccc(Cl)nc2)s1)C(C)(C)C. The molecule has 0 spiro atoms. The molecule has 0 fully saturated rings. The van der Waals surface area contributed by atoms with Gasteiger partial charge in [0, 0.05) is 24.2 Å². The number of nitrogens with zero attached hydrogens (tertiary/aromatic N) is 2. The number of alkyl carbamates (subject to hydrolysis) is 1. The molecule has 3 aromatic rings. The first-order valence-corrected chi connectivity index (χ1v) is 12.1. The van der Waals surface area contributed by atoms with Gasteiger partial charge in [0.15, 0.2) is 10.3 Å². The predicted octanol–water partition coefficient (Wildman–Crippen LogP) is 5.27. The van der Waals surface area contributed by atoms with Gasteiger partial charge in [-0.2, -0.15) is 0 Å². The van der Waals surface area contributed by atoms with E-state index in [9.17, 15) is 17.6 Å². The molecule has 1 aromatic carbocycles. The number of hydrogen-bond donors (Lipinski definition) is 1. The number of rotatable bonds is 5. The first-order chi connectivity index (χ1) is 14.9. The first-order valence-electron chi connectivity index (χ1n) is 9.45. The Balaban J connectivity index is 2.26. The van der Waals surface area contributed by atoms with Gasteiger partial charge in [0.05, 0.1) is 4.90 Å². The number of thiazole rings is 1. The summed E-state index contributed by atoms with van der Waals surface area (Å²) in [7, 11) is -2.72. The van der Waals surface area contributed by atoms with E-state index in [-0.39, 0.29) is 30.5 Å². The fraction of sp³-hybridized carbons (Fsp3) is 0.286. The van der Waals surface area contributed by atoms with Crippen LogP contribution in [-0.2, 0) is 14.6 Å². The van der Waals surface area contributed by atoms with Crippen LogP contribution < -0.4 is 5.32 Å². The zero-order valence-electron chi connectivity index (χ0n) is 17.7. The highest BCUT2D eigenvalue weighted by Gasteiger charge is 2.37. The van der Waals surface area contributed by atoms with E-state index in [0.717, 1.165) is 17.5 Å². The van der Waals surface area contributed by atoms with Gasteiger partial charge in [-0.1, -0.05) is 44.5 Å². The van der Waals surface area contributed by atoms with Gasteiger partial charge >= 0.3 is 6.09 Å². The van der Waals surface area contributed by atoms with Crippen molar-refractivity contribution in [1.82, 2.24) is 15.3 Å². The molecule has 2 heterocycles. The van der Waals surface area contributed by atoms with Gasteiger partial charge in [-0.15, -0.1) is 11.3 Å². The molecule has 0 aliphatic heterocycles. The third-order valence-corrected chi connectivity index (χ3v) is 8.00. The molecule has 0 aliphatic carbocycles. The first kappa shape index (κ1) is 24.1. The number of hydrogen-bond acceptors (Lipinski definition) is 7. The smallest absolute Gasteiger partial charge is 0.407 e. The number of pyridine rings is 1. The van der Waals surface area contributed by atoms with Gasteiger partial charge in [-0.05, 0) is 24.3 Å². The van der Waals surface area contributed by atoms with E-state index >= 15 is 0 Å². The van der Waals surface area contributed by atoms with Gasteiger partial charge < -0.3 is 10.1 Å². The van der Waals surface area contributed by atoms with E-state index in [0.29, 0.717) is 0 Å². The summed E-state index contributed by atoms with van der Waals surface area (Å²) in [6, 6.07) is 8.41. The van der Waals surface area contributed by atoms with E-state index in [2.05, 4.69) is 15.3 Å². The largest absolute Gasteiger partial charge is 0.438 e. The van der Waals surface area contributed by atoms with Gasteiger partial charge in [0.2, 0.25) is 9.84 Å². The Morgan fingerprint density at radius 2 is 1.91 bits per heavy atom. The maximum Gasteiger partial charge on any atom is 0.407 e. The van der Waals surface area contributed by atoms with Crippen molar-refractivity contribution in [2.45, 2.75) is 36.0 Å². The highest BCUT2D eigenvalue weighted by Crippen LogP contribution is 2.44. The number of sulfone groups is 1. The van der Waals surface area contributed by atoms with Crippen molar-refractivity contribution in [2.24, 2.45) is 5.41 Å². The number of ether oxygens (including phenoxy) is 1. The minimum Gasteiger partial charge on any atom is -0.438 e. The lowest BCUT2D eigenvalue weighted by Crippen LogP contribution is -2.28. The summed E-state index contributed by atoms with van der Waals surface area (Å²) in [5.41, 5.74) is -0.671. The second kappa shape index (κ2) is 9.13. The van der Waals surface area contributed by atoms with Crippen LogP contribution in [-0.4, -0.2) is 31.5 Å². The summed E-state index contributed by atoms with van der Waals surface area (Å²) in [5, 5.41) is 2.73. The molecule has 1 atom stereocenters. The average Bonchev–Trinajstić information content (AvgIpc) is 3.17. The third kappa shape index (κ3) is 4.92. The van der Waals surface area contributed by atoms with Crippen LogP contribution in [0.4, 0.5) is 9.18 Å². The van der Waals surface area contributed by atoms with Crippen molar-refractivity contribution in [3.63, 3.8) is 0 Å². The van der Waals surface area contributed by atoms with Crippen LogP contribution in [0.1, 0.15) is 31.9 Å². The molecule has 0 aliphatic rings. The van der Waals surface area contributed by atoms with E-state index in [1.54, 1.807) is 6.07 Å². The van der Waals surface area contributed by atoms with Crippen LogP contribution in [0.15, 0.2) is 51.7 Å². The highest BCUT2D eigenvalue weighted by atomic mass is 35.5. The van der Waals surface area contributed by atoms with Crippen molar-refractivity contribution in [3.8, 4) is 11.3 Å². The second-order valence-electron chi connectivity index (χ2n) is 7.89. The van der Waals surface area contributed by atoms with Crippen molar-refractivity contribution in [1.29, 1.82) is 0 Å². The van der Waals surface area contributed by atoms with Gasteiger partial charge in [-0.25, -0.2) is 27.6 Å². The summed E-state index contributed by atoms with van der Waals surface area (Å²) in [6.45, 7) is 5.46. The van der Waals surface area contributed by atoms with Crippen LogP contribution >= 0.6 is 22.9 Å². The molecule has 1 unspecified atom stereocenters. The van der Waals surface area contributed by atoms with Gasteiger partial charge in [-0.3, -0.25) is 0 Å². The lowest BCUT2D eigenvalue weighted by atomic mass is 9.89. The van der Waals surface area contributed by atoms with E-state index in [1.165, 1.54) is 37.4 Å². The molecular weight excluding hydrogens is 477 g/mol. The molecular formula is C21H21ClFN3O4S2. The zero-order valence-corrected chi connectivity index (χ0v) is 20.1. The number of carbonyl (C=O) groups excluding carboxylic acids is 1. The normalized spacial score (nSPS) is 12.9. The number of aromatic nitrogens is 2. The monoisotopic (exact) mass is 497 g/mol. The lowest BCUT2D eigenvalue weighted by Gasteiger charge is -2.28. The summed E-state index contributed by atoms with van der Waals surface area (Å²) in [6.07, 6.45) is -0.450. The Morgan fingerprint density at radius 3 is 2.47 bits per heavy atom. The number of amides is 1. The number of benzene rings is 1.